The fourth-order valence-corrected chi connectivity index (χ4v) is 4.53. The highest BCUT2D eigenvalue weighted by Crippen LogP contribution is 2.08. The summed E-state index contributed by atoms with van der Waals surface area (Å²) in [5.74, 6) is 0.926. The van der Waals surface area contributed by atoms with E-state index in [-0.39, 0.29) is 11.5 Å². The van der Waals surface area contributed by atoms with Gasteiger partial charge in [-0.3, -0.25) is 4.99 Å². The summed E-state index contributed by atoms with van der Waals surface area (Å²) in [7, 11) is -1.39. The smallest absolute Gasteiger partial charge is 0.190 e. The van der Waals surface area contributed by atoms with Crippen molar-refractivity contribution in [2.45, 2.75) is 25.5 Å². The summed E-state index contributed by atoms with van der Waals surface area (Å²) < 4.78 is 24.3. The maximum absolute atomic E-state index is 12.2. The maximum atomic E-state index is 12.2. The first-order chi connectivity index (χ1) is 12.5. The highest BCUT2D eigenvalue weighted by molar-refractivity contribution is 7.90. The summed E-state index contributed by atoms with van der Waals surface area (Å²) in [5, 5.41) is 9.50. The molecule has 142 valence electrons. The molecule has 2 aromatic rings. The molecule has 0 unspecified atom stereocenters. The van der Waals surface area contributed by atoms with E-state index >= 15 is 0 Å². The third-order valence-electron chi connectivity index (χ3n) is 3.72. The van der Waals surface area contributed by atoms with E-state index < -0.39 is 9.84 Å². The largest absolute Gasteiger partial charge is 0.356 e. The fraction of sp³-hybridized carbons (Fsp3) is 0.444. The zero-order chi connectivity index (χ0) is 18.8. The number of sulfone groups is 1. The molecular weight excluding hydrogens is 368 g/mol. The van der Waals surface area contributed by atoms with E-state index in [1.807, 2.05) is 37.3 Å². The lowest BCUT2D eigenvalue weighted by Gasteiger charge is -2.11. The third kappa shape index (κ3) is 7.53. The number of aryl methyl sites for hydroxylation is 1. The van der Waals surface area contributed by atoms with E-state index in [1.54, 1.807) is 18.4 Å². The number of rotatable bonds is 9. The van der Waals surface area contributed by atoms with E-state index in [0.29, 0.717) is 18.9 Å². The first-order valence-electron chi connectivity index (χ1n) is 8.58. The van der Waals surface area contributed by atoms with E-state index in [4.69, 9.17) is 0 Å². The summed E-state index contributed by atoms with van der Waals surface area (Å²) in [6, 6.07) is 9.27. The van der Waals surface area contributed by atoms with Crippen LogP contribution in [0.2, 0.25) is 0 Å². The second kappa shape index (κ2) is 10.3. The predicted molar refractivity (Wildman–Crippen MR) is 108 cm³/mol. The lowest BCUT2D eigenvalue weighted by Crippen LogP contribution is -2.39. The van der Waals surface area contributed by atoms with Gasteiger partial charge in [-0.05, 0) is 18.9 Å². The normalized spacial score (nSPS) is 12.2. The molecule has 0 atom stereocenters. The Morgan fingerprint density at radius 3 is 2.58 bits per heavy atom. The van der Waals surface area contributed by atoms with Gasteiger partial charge in [0, 0.05) is 31.9 Å². The minimum Gasteiger partial charge on any atom is -0.356 e. The van der Waals surface area contributed by atoms with Crippen molar-refractivity contribution in [3.05, 3.63) is 52.0 Å². The van der Waals surface area contributed by atoms with Crippen LogP contribution in [-0.2, 0) is 22.0 Å². The molecule has 8 heteroatoms. The number of benzene rings is 1. The quantitative estimate of drug-likeness (QED) is 0.387. The molecule has 0 saturated carbocycles. The van der Waals surface area contributed by atoms with Gasteiger partial charge in [-0.2, -0.15) is 0 Å². The maximum Gasteiger partial charge on any atom is 0.190 e. The van der Waals surface area contributed by atoms with Gasteiger partial charge in [0.15, 0.2) is 15.8 Å². The fourth-order valence-electron chi connectivity index (χ4n) is 2.45. The van der Waals surface area contributed by atoms with Crippen LogP contribution in [0.3, 0.4) is 0 Å². The Morgan fingerprint density at radius 1 is 1.19 bits per heavy atom. The van der Waals surface area contributed by atoms with Gasteiger partial charge >= 0.3 is 0 Å². The third-order valence-corrected chi connectivity index (χ3v) is 6.22. The number of aromatic nitrogens is 1. The van der Waals surface area contributed by atoms with Crippen LogP contribution in [0.4, 0.5) is 0 Å². The van der Waals surface area contributed by atoms with Crippen molar-refractivity contribution < 1.29 is 8.42 Å². The standard InChI is InChI=1S/C18H26N4O2S2/c1-15-22-17(13-25-15)9-11-21-18(19-2)20-10-6-12-26(23,24)14-16-7-4-3-5-8-16/h3-5,7-8,13H,6,9-12,14H2,1-2H3,(H2,19,20,21). The lowest BCUT2D eigenvalue weighted by atomic mass is 10.2. The van der Waals surface area contributed by atoms with E-state index in [1.165, 1.54) is 0 Å². The Hall–Kier alpha value is -1.93. The Morgan fingerprint density at radius 2 is 1.92 bits per heavy atom. The van der Waals surface area contributed by atoms with Crippen molar-refractivity contribution in [3.8, 4) is 0 Å². The summed E-state index contributed by atoms with van der Waals surface area (Å²) in [6.07, 6.45) is 1.37. The average molecular weight is 395 g/mol. The van der Waals surface area contributed by atoms with Gasteiger partial charge in [-0.15, -0.1) is 11.3 Å². The van der Waals surface area contributed by atoms with Crippen molar-refractivity contribution in [2.75, 3.05) is 25.9 Å². The van der Waals surface area contributed by atoms with Crippen LogP contribution < -0.4 is 10.6 Å². The molecule has 0 aliphatic heterocycles. The van der Waals surface area contributed by atoms with Crippen LogP contribution in [0.15, 0.2) is 40.7 Å². The molecule has 26 heavy (non-hydrogen) atoms. The zero-order valence-electron chi connectivity index (χ0n) is 15.2. The van der Waals surface area contributed by atoms with Crippen molar-refractivity contribution in [3.63, 3.8) is 0 Å². The van der Waals surface area contributed by atoms with Gasteiger partial charge in [0.05, 0.1) is 22.2 Å². The number of nitrogens with zero attached hydrogens (tertiary/aromatic N) is 2. The summed E-state index contributed by atoms with van der Waals surface area (Å²) in [6.45, 7) is 3.28. The molecule has 0 aliphatic carbocycles. The molecule has 1 aromatic heterocycles. The molecular formula is C18H26N4O2S2. The average Bonchev–Trinajstić information content (AvgIpc) is 3.02. The van der Waals surface area contributed by atoms with Crippen molar-refractivity contribution in [1.29, 1.82) is 0 Å². The van der Waals surface area contributed by atoms with Crippen LogP contribution in [-0.4, -0.2) is 45.3 Å². The Kier molecular flexibility index (Phi) is 8.06. The van der Waals surface area contributed by atoms with Crippen molar-refractivity contribution in [1.82, 2.24) is 15.6 Å². The summed E-state index contributed by atoms with van der Waals surface area (Å²) in [5.41, 5.74) is 1.90. The molecule has 0 aliphatic rings. The first kappa shape index (κ1) is 20.4. The molecule has 2 rings (SSSR count). The van der Waals surface area contributed by atoms with Gasteiger partial charge in [-0.1, -0.05) is 30.3 Å². The Bertz CT molecular complexity index is 802. The van der Waals surface area contributed by atoms with Gasteiger partial charge in [-0.25, -0.2) is 13.4 Å². The minimum absolute atomic E-state index is 0.0911. The van der Waals surface area contributed by atoms with Crippen molar-refractivity contribution >= 4 is 27.1 Å². The van der Waals surface area contributed by atoms with E-state index in [0.717, 1.165) is 29.2 Å². The van der Waals surface area contributed by atoms with Crippen LogP contribution in [0.5, 0.6) is 0 Å². The summed E-state index contributed by atoms with van der Waals surface area (Å²) in [4.78, 5) is 8.58. The zero-order valence-corrected chi connectivity index (χ0v) is 16.9. The highest BCUT2D eigenvalue weighted by Gasteiger charge is 2.11. The van der Waals surface area contributed by atoms with Crippen LogP contribution in [0.1, 0.15) is 22.7 Å². The monoisotopic (exact) mass is 394 g/mol. The predicted octanol–water partition coefficient (Wildman–Crippen LogP) is 2.16. The highest BCUT2D eigenvalue weighted by atomic mass is 32.2. The van der Waals surface area contributed by atoms with Gasteiger partial charge in [0.1, 0.15) is 0 Å². The van der Waals surface area contributed by atoms with E-state index in [2.05, 4.69) is 26.0 Å². The topological polar surface area (TPSA) is 83.5 Å². The van der Waals surface area contributed by atoms with Crippen LogP contribution in [0, 0.1) is 6.92 Å². The number of aliphatic imine (C=N–C) groups is 1. The van der Waals surface area contributed by atoms with Crippen LogP contribution >= 0.6 is 11.3 Å². The second-order valence-electron chi connectivity index (χ2n) is 5.96. The number of hydrogen-bond acceptors (Lipinski definition) is 5. The molecule has 2 N–H and O–H groups in total. The molecule has 0 fully saturated rings. The number of guanidine groups is 1. The number of hydrogen-bond donors (Lipinski definition) is 2. The summed E-state index contributed by atoms with van der Waals surface area (Å²) >= 11 is 1.65. The van der Waals surface area contributed by atoms with Crippen molar-refractivity contribution in [2.24, 2.45) is 4.99 Å². The molecule has 0 radical (unpaired) electrons. The molecule has 6 nitrogen and oxygen atoms in total. The van der Waals surface area contributed by atoms with E-state index in [9.17, 15) is 8.42 Å². The second-order valence-corrected chi connectivity index (χ2v) is 9.21. The Balaban J connectivity index is 1.65. The molecule has 0 amide bonds. The molecule has 0 bridgehead atoms. The molecule has 1 aromatic carbocycles. The number of thiazole rings is 1. The first-order valence-corrected chi connectivity index (χ1v) is 11.3. The van der Waals surface area contributed by atoms with Gasteiger partial charge < -0.3 is 10.6 Å². The molecule has 0 saturated heterocycles. The molecule has 0 spiro atoms. The lowest BCUT2D eigenvalue weighted by molar-refractivity contribution is 0.591. The molecule has 1 heterocycles. The number of nitrogens with one attached hydrogen (secondary N) is 2. The Labute approximate surface area is 159 Å². The minimum atomic E-state index is -3.10. The SMILES string of the molecule is CN=C(NCCCS(=O)(=O)Cc1ccccc1)NCCc1csc(C)n1. The van der Waals surface area contributed by atoms with Gasteiger partial charge in [0.2, 0.25) is 0 Å². The van der Waals surface area contributed by atoms with Gasteiger partial charge in [0.25, 0.3) is 0 Å². The van der Waals surface area contributed by atoms with Crippen LogP contribution in [0.25, 0.3) is 0 Å².